The van der Waals surface area contributed by atoms with E-state index in [2.05, 4.69) is 22.9 Å². The molecule has 0 saturated carbocycles. The first kappa shape index (κ1) is 18.5. The summed E-state index contributed by atoms with van der Waals surface area (Å²) in [4.78, 5) is 14.7. The summed E-state index contributed by atoms with van der Waals surface area (Å²) in [5, 5.41) is 10.6. The maximum atomic E-state index is 10.6. The Hall–Kier alpha value is -1.56. The SMILES string of the molecule is Br.CCCCCCCN1C=CN(c2ccc([N+](=O)[O-])cc2)C1. The van der Waals surface area contributed by atoms with Crippen LogP contribution < -0.4 is 4.90 Å². The number of hydrogen-bond acceptors (Lipinski definition) is 4. The lowest BCUT2D eigenvalue weighted by Gasteiger charge is -2.21. The highest BCUT2D eigenvalue weighted by atomic mass is 79.9. The first-order chi connectivity index (χ1) is 10.2. The third-order valence-corrected chi connectivity index (χ3v) is 3.73. The molecule has 5 nitrogen and oxygen atoms in total. The Morgan fingerprint density at radius 1 is 1.09 bits per heavy atom. The van der Waals surface area contributed by atoms with E-state index in [9.17, 15) is 10.1 Å². The van der Waals surface area contributed by atoms with Crippen molar-refractivity contribution in [2.45, 2.75) is 39.0 Å². The highest BCUT2D eigenvalue weighted by molar-refractivity contribution is 8.93. The summed E-state index contributed by atoms with van der Waals surface area (Å²) in [5.74, 6) is 0. The number of nitrogens with zero attached hydrogens (tertiary/aromatic N) is 3. The molecule has 0 fully saturated rings. The van der Waals surface area contributed by atoms with Gasteiger partial charge in [-0.3, -0.25) is 10.1 Å². The van der Waals surface area contributed by atoms with Gasteiger partial charge in [0.1, 0.15) is 0 Å². The van der Waals surface area contributed by atoms with Crippen molar-refractivity contribution in [3.63, 3.8) is 0 Å². The minimum absolute atomic E-state index is 0. The Balaban J connectivity index is 0.00000242. The quantitative estimate of drug-likeness (QED) is 0.378. The van der Waals surface area contributed by atoms with Crippen molar-refractivity contribution in [1.82, 2.24) is 4.90 Å². The minimum Gasteiger partial charge on any atom is -0.358 e. The van der Waals surface area contributed by atoms with Crippen molar-refractivity contribution in [2.24, 2.45) is 0 Å². The maximum absolute atomic E-state index is 10.6. The molecule has 0 amide bonds. The summed E-state index contributed by atoms with van der Waals surface area (Å²) in [6.07, 6.45) is 10.6. The fourth-order valence-electron chi connectivity index (χ4n) is 2.46. The molecule has 0 N–H and O–H groups in total. The number of rotatable bonds is 8. The molecule has 0 radical (unpaired) electrons. The van der Waals surface area contributed by atoms with Crippen molar-refractivity contribution >= 4 is 28.4 Å². The van der Waals surface area contributed by atoms with Gasteiger partial charge in [-0.2, -0.15) is 0 Å². The molecule has 1 heterocycles. The molecule has 1 aliphatic heterocycles. The number of halogens is 1. The first-order valence-electron chi connectivity index (χ1n) is 7.64. The normalized spacial score (nSPS) is 13.3. The summed E-state index contributed by atoms with van der Waals surface area (Å²) < 4.78 is 0. The molecule has 0 aromatic heterocycles. The van der Waals surface area contributed by atoms with Gasteiger partial charge < -0.3 is 9.80 Å². The third-order valence-electron chi connectivity index (χ3n) is 3.73. The number of nitro benzene ring substituents is 1. The monoisotopic (exact) mass is 369 g/mol. The predicted molar refractivity (Wildman–Crippen MR) is 95.4 cm³/mol. The van der Waals surface area contributed by atoms with Crippen LogP contribution in [0.5, 0.6) is 0 Å². The first-order valence-corrected chi connectivity index (χ1v) is 7.64. The lowest BCUT2D eigenvalue weighted by molar-refractivity contribution is -0.384. The van der Waals surface area contributed by atoms with Gasteiger partial charge in [0.15, 0.2) is 0 Å². The second-order valence-corrected chi connectivity index (χ2v) is 5.41. The Labute approximate surface area is 142 Å². The summed E-state index contributed by atoms with van der Waals surface area (Å²) >= 11 is 0. The second-order valence-electron chi connectivity index (χ2n) is 5.41. The zero-order valence-electron chi connectivity index (χ0n) is 13.0. The van der Waals surface area contributed by atoms with Gasteiger partial charge in [0.2, 0.25) is 0 Å². The smallest absolute Gasteiger partial charge is 0.269 e. The molecule has 6 heteroatoms. The van der Waals surface area contributed by atoms with Crippen LogP contribution in [0.1, 0.15) is 39.0 Å². The molecule has 0 saturated heterocycles. The highest BCUT2D eigenvalue weighted by Crippen LogP contribution is 2.22. The Morgan fingerprint density at radius 3 is 2.41 bits per heavy atom. The average Bonchev–Trinajstić information content (AvgIpc) is 2.96. The van der Waals surface area contributed by atoms with Crippen molar-refractivity contribution in [3.8, 4) is 0 Å². The molecule has 1 aliphatic rings. The topological polar surface area (TPSA) is 49.6 Å². The van der Waals surface area contributed by atoms with E-state index in [0.717, 1.165) is 18.9 Å². The van der Waals surface area contributed by atoms with Gasteiger partial charge in [-0.15, -0.1) is 17.0 Å². The van der Waals surface area contributed by atoms with E-state index >= 15 is 0 Å². The fraction of sp³-hybridized carbons (Fsp3) is 0.500. The van der Waals surface area contributed by atoms with Crippen LogP contribution in [0.15, 0.2) is 36.7 Å². The number of unbranched alkanes of at least 4 members (excludes halogenated alkanes) is 4. The molecule has 2 rings (SSSR count). The van der Waals surface area contributed by atoms with Crippen LogP contribution in [0.25, 0.3) is 0 Å². The van der Waals surface area contributed by atoms with Gasteiger partial charge in [-0.1, -0.05) is 32.6 Å². The minimum atomic E-state index is -0.369. The molecule has 0 spiro atoms. The van der Waals surface area contributed by atoms with E-state index in [0.29, 0.717) is 0 Å². The van der Waals surface area contributed by atoms with E-state index in [1.54, 1.807) is 24.3 Å². The average molecular weight is 370 g/mol. The summed E-state index contributed by atoms with van der Waals surface area (Å²) in [6, 6.07) is 6.70. The maximum Gasteiger partial charge on any atom is 0.269 e. The lowest BCUT2D eigenvalue weighted by atomic mass is 10.1. The molecule has 0 atom stereocenters. The molecule has 122 valence electrons. The zero-order chi connectivity index (χ0) is 15.1. The Morgan fingerprint density at radius 2 is 1.77 bits per heavy atom. The van der Waals surface area contributed by atoms with E-state index in [4.69, 9.17) is 0 Å². The number of hydrogen-bond donors (Lipinski definition) is 0. The Kier molecular flexibility index (Phi) is 7.95. The molecule has 0 aliphatic carbocycles. The van der Waals surface area contributed by atoms with Crippen LogP contribution in [0.2, 0.25) is 0 Å². The van der Waals surface area contributed by atoms with E-state index in [1.807, 2.05) is 6.20 Å². The van der Waals surface area contributed by atoms with Crippen molar-refractivity contribution in [1.29, 1.82) is 0 Å². The molecule has 1 aromatic carbocycles. The fourth-order valence-corrected chi connectivity index (χ4v) is 2.46. The predicted octanol–water partition coefficient (Wildman–Crippen LogP) is 4.69. The number of anilines is 1. The Bertz CT molecular complexity index is 491. The molecule has 0 bridgehead atoms. The lowest BCUT2D eigenvalue weighted by Crippen LogP contribution is -2.25. The van der Waals surface area contributed by atoms with Crippen molar-refractivity contribution in [2.75, 3.05) is 18.1 Å². The summed E-state index contributed by atoms with van der Waals surface area (Å²) in [5.41, 5.74) is 1.13. The van der Waals surface area contributed by atoms with Crippen LogP contribution in [0.4, 0.5) is 11.4 Å². The van der Waals surface area contributed by atoms with Gasteiger partial charge in [-0.25, -0.2) is 0 Å². The molecular weight excluding hydrogens is 346 g/mol. The molecule has 1 aromatic rings. The van der Waals surface area contributed by atoms with Gasteiger partial charge in [0, 0.05) is 36.8 Å². The van der Waals surface area contributed by atoms with Crippen LogP contribution in [-0.4, -0.2) is 23.0 Å². The van der Waals surface area contributed by atoms with E-state index < -0.39 is 0 Å². The van der Waals surface area contributed by atoms with Crippen LogP contribution >= 0.6 is 17.0 Å². The largest absolute Gasteiger partial charge is 0.358 e. The van der Waals surface area contributed by atoms with Gasteiger partial charge in [0.25, 0.3) is 5.69 Å². The van der Waals surface area contributed by atoms with Gasteiger partial charge in [-0.05, 0) is 18.6 Å². The number of non-ortho nitro benzene ring substituents is 1. The van der Waals surface area contributed by atoms with Crippen LogP contribution in [0, 0.1) is 10.1 Å². The van der Waals surface area contributed by atoms with Crippen molar-refractivity contribution in [3.05, 3.63) is 46.8 Å². The summed E-state index contributed by atoms with van der Waals surface area (Å²) in [7, 11) is 0. The van der Waals surface area contributed by atoms with E-state index in [-0.39, 0.29) is 27.6 Å². The third kappa shape index (κ3) is 5.33. The number of nitro groups is 1. The molecule has 0 unspecified atom stereocenters. The standard InChI is InChI=1S/C16H23N3O2.BrH/c1-2-3-4-5-6-11-17-12-13-18(14-17)15-7-9-16(10-8-15)19(20)21;/h7-10,12-13H,2-6,11,14H2,1H3;1H. The highest BCUT2D eigenvalue weighted by Gasteiger charge is 2.14. The van der Waals surface area contributed by atoms with E-state index in [1.165, 1.54) is 32.1 Å². The van der Waals surface area contributed by atoms with Gasteiger partial charge >= 0.3 is 0 Å². The molecular formula is C16H24BrN3O2. The van der Waals surface area contributed by atoms with Crippen LogP contribution in [0.3, 0.4) is 0 Å². The van der Waals surface area contributed by atoms with Crippen molar-refractivity contribution < 1.29 is 4.92 Å². The molecule has 22 heavy (non-hydrogen) atoms. The van der Waals surface area contributed by atoms with Gasteiger partial charge in [0.05, 0.1) is 11.6 Å². The van der Waals surface area contributed by atoms with Crippen LogP contribution in [-0.2, 0) is 0 Å². The zero-order valence-corrected chi connectivity index (χ0v) is 14.7. The second kappa shape index (κ2) is 9.46. The number of benzene rings is 1. The summed E-state index contributed by atoms with van der Waals surface area (Å²) in [6.45, 7) is 4.13.